The summed E-state index contributed by atoms with van der Waals surface area (Å²) in [7, 11) is 0. The van der Waals surface area contributed by atoms with Crippen molar-refractivity contribution in [2.45, 2.75) is 26.7 Å². The molecule has 0 aliphatic carbocycles. The smallest absolute Gasteiger partial charge is 0.123 e. The maximum Gasteiger partial charge on any atom is 0.123 e. The van der Waals surface area contributed by atoms with Crippen molar-refractivity contribution in [2.75, 3.05) is 0 Å². The molecular weight excluding hydrogens is 254 g/mol. The lowest BCUT2D eigenvalue weighted by molar-refractivity contribution is 0.627. The molecule has 0 bridgehead atoms. The molecule has 2 aromatic carbocycles. The highest BCUT2D eigenvalue weighted by molar-refractivity contribution is 5.82. The summed E-state index contributed by atoms with van der Waals surface area (Å²) in [5.41, 5.74) is 4.30. The van der Waals surface area contributed by atoms with Crippen LogP contribution in [0.15, 0.2) is 54.1 Å². The molecule has 0 aromatic heterocycles. The summed E-state index contributed by atoms with van der Waals surface area (Å²) >= 11 is 0. The second kappa shape index (κ2) is 6.47. The fourth-order valence-corrected chi connectivity index (χ4v) is 2.41. The van der Waals surface area contributed by atoms with Gasteiger partial charge in [0.25, 0.3) is 0 Å². The van der Waals surface area contributed by atoms with Gasteiger partial charge >= 0.3 is 0 Å². The monoisotopic (exact) mass is 272 g/mol. The Morgan fingerprint density at radius 1 is 0.700 bits per heavy atom. The van der Waals surface area contributed by atoms with Crippen molar-refractivity contribution >= 4 is 5.57 Å². The first kappa shape index (κ1) is 14.4. The number of hydrogen-bond acceptors (Lipinski definition) is 0. The van der Waals surface area contributed by atoms with E-state index in [0.717, 1.165) is 29.5 Å². The highest BCUT2D eigenvalue weighted by Gasteiger charge is 2.10. The molecule has 0 radical (unpaired) electrons. The first-order chi connectivity index (χ1) is 9.65. The molecule has 0 saturated carbocycles. The zero-order valence-electron chi connectivity index (χ0n) is 11.8. The van der Waals surface area contributed by atoms with Gasteiger partial charge in [-0.1, -0.05) is 43.7 Å². The van der Waals surface area contributed by atoms with Crippen LogP contribution in [0.25, 0.3) is 5.57 Å². The topological polar surface area (TPSA) is 0 Å². The predicted molar refractivity (Wildman–Crippen MR) is 79.4 cm³/mol. The van der Waals surface area contributed by atoms with Crippen molar-refractivity contribution in [1.29, 1.82) is 0 Å². The zero-order chi connectivity index (χ0) is 14.5. The summed E-state index contributed by atoms with van der Waals surface area (Å²) in [5, 5.41) is 0. The summed E-state index contributed by atoms with van der Waals surface area (Å²) in [6.45, 7) is 4.21. The lowest BCUT2D eigenvalue weighted by atomic mass is 9.90. The highest BCUT2D eigenvalue weighted by Crippen LogP contribution is 2.30. The van der Waals surface area contributed by atoms with E-state index in [4.69, 9.17) is 0 Å². The molecule has 0 atom stereocenters. The minimum absolute atomic E-state index is 0.248. The third-order valence-corrected chi connectivity index (χ3v) is 3.47. The Morgan fingerprint density at radius 2 is 1.05 bits per heavy atom. The molecule has 0 nitrogen and oxygen atoms in total. The second-order valence-electron chi connectivity index (χ2n) is 4.70. The summed E-state index contributed by atoms with van der Waals surface area (Å²) in [6.07, 6.45) is 1.83. The molecule has 0 amide bonds. The van der Waals surface area contributed by atoms with E-state index in [1.165, 1.54) is 29.8 Å². The van der Waals surface area contributed by atoms with Crippen LogP contribution in [0, 0.1) is 11.6 Å². The highest BCUT2D eigenvalue weighted by atomic mass is 19.1. The van der Waals surface area contributed by atoms with Gasteiger partial charge in [0.15, 0.2) is 0 Å². The molecule has 0 N–H and O–H groups in total. The Kier molecular flexibility index (Phi) is 4.67. The fraction of sp³-hybridized carbons (Fsp3) is 0.222. The molecule has 2 aromatic rings. The normalized spacial score (nSPS) is 10.4. The van der Waals surface area contributed by atoms with Crippen LogP contribution in [0.2, 0.25) is 0 Å². The van der Waals surface area contributed by atoms with Gasteiger partial charge in [0.05, 0.1) is 0 Å². The van der Waals surface area contributed by atoms with Gasteiger partial charge in [0, 0.05) is 0 Å². The fourth-order valence-electron chi connectivity index (χ4n) is 2.41. The molecular formula is C18H18F2. The van der Waals surface area contributed by atoms with Crippen LogP contribution in [0.3, 0.4) is 0 Å². The van der Waals surface area contributed by atoms with Gasteiger partial charge in [-0.05, 0) is 53.8 Å². The Balaban J connectivity index is 2.59. The summed E-state index contributed by atoms with van der Waals surface area (Å²) in [6, 6.07) is 12.9. The zero-order valence-corrected chi connectivity index (χ0v) is 11.8. The van der Waals surface area contributed by atoms with Crippen LogP contribution in [-0.2, 0) is 0 Å². The Bertz CT molecular complexity index is 539. The van der Waals surface area contributed by atoms with E-state index in [9.17, 15) is 8.78 Å². The van der Waals surface area contributed by atoms with Crippen molar-refractivity contribution in [1.82, 2.24) is 0 Å². The van der Waals surface area contributed by atoms with Gasteiger partial charge in [-0.2, -0.15) is 0 Å². The molecule has 2 heteroatoms. The first-order valence-corrected chi connectivity index (χ1v) is 6.89. The Labute approximate surface area is 118 Å². The maximum atomic E-state index is 13.1. The van der Waals surface area contributed by atoms with Gasteiger partial charge in [-0.3, -0.25) is 0 Å². The summed E-state index contributed by atoms with van der Waals surface area (Å²) in [5.74, 6) is -0.497. The quantitative estimate of drug-likeness (QED) is 0.681. The molecule has 104 valence electrons. The van der Waals surface area contributed by atoms with Crippen LogP contribution in [0.4, 0.5) is 8.78 Å². The molecule has 0 aliphatic heterocycles. The van der Waals surface area contributed by atoms with E-state index >= 15 is 0 Å². The molecule has 2 rings (SSSR count). The number of benzene rings is 2. The lowest BCUT2D eigenvalue weighted by Gasteiger charge is -2.14. The second-order valence-corrected chi connectivity index (χ2v) is 4.70. The lowest BCUT2D eigenvalue weighted by Crippen LogP contribution is -1.94. The van der Waals surface area contributed by atoms with Crippen molar-refractivity contribution in [3.05, 3.63) is 76.9 Å². The van der Waals surface area contributed by atoms with E-state index in [-0.39, 0.29) is 11.6 Å². The van der Waals surface area contributed by atoms with Crippen molar-refractivity contribution in [2.24, 2.45) is 0 Å². The molecule has 0 heterocycles. The molecule has 0 unspecified atom stereocenters. The average Bonchev–Trinajstić information content (AvgIpc) is 2.47. The van der Waals surface area contributed by atoms with Crippen LogP contribution >= 0.6 is 0 Å². The SMILES string of the molecule is CCC(CC)=C(c1ccc(F)cc1)c1ccc(F)cc1. The van der Waals surface area contributed by atoms with E-state index in [1.807, 2.05) is 0 Å². The van der Waals surface area contributed by atoms with Gasteiger partial charge < -0.3 is 0 Å². The van der Waals surface area contributed by atoms with Gasteiger partial charge in [-0.15, -0.1) is 0 Å². The average molecular weight is 272 g/mol. The summed E-state index contributed by atoms with van der Waals surface area (Å²) < 4.78 is 26.2. The third kappa shape index (κ3) is 3.13. The first-order valence-electron chi connectivity index (χ1n) is 6.89. The standard InChI is InChI=1S/C18H18F2/c1-3-13(4-2)18(14-5-9-16(19)10-6-14)15-7-11-17(20)12-8-15/h5-12H,3-4H2,1-2H3. The van der Waals surface area contributed by atoms with Gasteiger partial charge in [0.2, 0.25) is 0 Å². The minimum atomic E-state index is -0.248. The summed E-state index contributed by atoms with van der Waals surface area (Å²) in [4.78, 5) is 0. The third-order valence-electron chi connectivity index (χ3n) is 3.47. The molecule has 0 aliphatic rings. The Morgan fingerprint density at radius 3 is 1.35 bits per heavy atom. The predicted octanol–water partition coefficient (Wildman–Crippen LogP) is 5.59. The van der Waals surface area contributed by atoms with Crippen molar-refractivity contribution < 1.29 is 8.78 Å². The largest absolute Gasteiger partial charge is 0.207 e. The molecule has 20 heavy (non-hydrogen) atoms. The minimum Gasteiger partial charge on any atom is -0.207 e. The van der Waals surface area contributed by atoms with Gasteiger partial charge in [0.1, 0.15) is 11.6 Å². The number of halogens is 2. The van der Waals surface area contributed by atoms with Crippen molar-refractivity contribution in [3.8, 4) is 0 Å². The molecule has 0 spiro atoms. The van der Waals surface area contributed by atoms with Crippen molar-refractivity contribution in [3.63, 3.8) is 0 Å². The number of hydrogen-bond donors (Lipinski definition) is 0. The molecule has 0 fully saturated rings. The Hall–Kier alpha value is -1.96. The van der Waals surface area contributed by atoms with Gasteiger partial charge in [-0.25, -0.2) is 8.78 Å². The maximum absolute atomic E-state index is 13.1. The van der Waals surface area contributed by atoms with Crippen LogP contribution in [0.1, 0.15) is 37.8 Å². The van der Waals surface area contributed by atoms with E-state index < -0.39 is 0 Å². The number of allylic oxidation sites excluding steroid dienone is 1. The van der Waals surface area contributed by atoms with Crippen LogP contribution < -0.4 is 0 Å². The van der Waals surface area contributed by atoms with Crippen LogP contribution in [-0.4, -0.2) is 0 Å². The molecule has 0 saturated heterocycles. The van der Waals surface area contributed by atoms with E-state index in [2.05, 4.69) is 13.8 Å². The van der Waals surface area contributed by atoms with E-state index in [0.29, 0.717) is 0 Å². The van der Waals surface area contributed by atoms with Crippen LogP contribution in [0.5, 0.6) is 0 Å². The number of rotatable bonds is 4. The van der Waals surface area contributed by atoms with E-state index in [1.54, 1.807) is 24.3 Å².